The lowest BCUT2D eigenvalue weighted by Crippen LogP contribution is -2.42. The molecule has 0 aromatic carbocycles. The lowest BCUT2D eigenvalue weighted by molar-refractivity contribution is 0.0615. The first-order chi connectivity index (χ1) is 6.49. The monoisotopic (exact) mass is 203 g/mol. The van der Waals surface area contributed by atoms with Gasteiger partial charge in [0, 0.05) is 6.54 Å². The maximum absolute atomic E-state index is 8.47. The van der Waals surface area contributed by atoms with Crippen molar-refractivity contribution in [1.82, 2.24) is 4.90 Å². The number of nitrogens with zero attached hydrogens (tertiary/aromatic N) is 2. The van der Waals surface area contributed by atoms with Crippen molar-refractivity contribution in [3.8, 4) is 0 Å². The second-order valence-corrected chi connectivity index (χ2v) is 3.60. The molecule has 3 N–H and O–H groups in total. The summed E-state index contributed by atoms with van der Waals surface area (Å²) >= 11 is 0. The molecule has 0 aliphatic rings. The molecule has 0 aliphatic carbocycles. The van der Waals surface area contributed by atoms with Crippen molar-refractivity contribution in [2.75, 3.05) is 20.2 Å². The fourth-order valence-electron chi connectivity index (χ4n) is 0.935. The summed E-state index contributed by atoms with van der Waals surface area (Å²) in [6.45, 7) is 7.27. The molecule has 0 heterocycles. The maximum Gasteiger partial charge on any atom is 0.156 e. The number of hydrogen-bond donors (Lipinski definition) is 2. The average Bonchev–Trinajstić information content (AvgIpc) is 2.14. The minimum Gasteiger partial charge on any atom is -0.409 e. The molecule has 14 heavy (non-hydrogen) atoms. The maximum atomic E-state index is 8.47. The van der Waals surface area contributed by atoms with Gasteiger partial charge in [0.1, 0.15) is 0 Å². The molecular formula is C9H21N3O2. The first-order valence-electron chi connectivity index (χ1n) is 4.78. The second-order valence-electron chi connectivity index (χ2n) is 3.60. The average molecular weight is 203 g/mol. The molecule has 1 unspecified atom stereocenters. The molecule has 5 heteroatoms. The molecule has 0 amide bonds. The molecule has 0 radical (unpaired) electrons. The van der Waals surface area contributed by atoms with Crippen LogP contribution in [0.1, 0.15) is 20.8 Å². The highest BCUT2D eigenvalue weighted by Gasteiger charge is 2.13. The first-order valence-corrected chi connectivity index (χ1v) is 4.78. The smallest absolute Gasteiger partial charge is 0.156 e. The number of oxime groups is 1. The molecule has 1 atom stereocenters. The summed E-state index contributed by atoms with van der Waals surface area (Å²) in [7, 11) is 1.91. The van der Waals surface area contributed by atoms with Gasteiger partial charge in [-0.3, -0.25) is 4.90 Å². The lowest BCUT2D eigenvalue weighted by Gasteiger charge is -2.23. The number of likely N-dealkylation sites (N-methyl/N-ethyl adjacent to an activating group) is 1. The van der Waals surface area contributed by atoms with E-state index in [1.54, 1.807) is 0 Å². The van der Waals surface area contributed by atoms with Crippen molar-refractivity contribution >= 4 is 5.84 Å². The van der Waals surface area contributed by atoms with Gasteiger partial charge in [0.15, 0.2) is 5.84 Å². The van der Waals surface area contributed by atoms with E-state index in [9.17, 15) is 0 Å². The van der Waals surface area contributed by atoms with E-state index in [1.807, 2.05) is 32.7 Å². The van der Waals surface area contributed by atoms with Crippen LogP contribution in [0.2, 0.25) is 0 Å². The van der Waals surface area contributed by atoms with Gasteiger partial charge < -0.3 is 15.7 Å². The number of rotatable bonds is 6. The fourth-order valence-corrected chi connectivity index (χ4v) is 0.935. The van der Waals surface area contributed by atoms with E-state index in [-0.39, 0.29) is 18.0 Å². The van der Waals surface area contributed by atoms with Crippen LogP contribution in [0, 0.1) is 0 Å². The second kappa shape index (κ2) is 6.62. The summed E-state index contributed by atoms with van der Waals surface area (Å²) in [6.07, 6.45) is 0.238. The highest BCUT2D eigenvalue weighted by molar-refractivity contribution is 5.84. The SMILES string of the molecule is CC(C)OCCN(C)C(C)C(N)=NO. The van der Waals surface area contributed by atoms with Gasteiger partial charge in [0.25, 0.3) is 0 Å². The van der Waals surface area contributed by atoms with E-state index in [4.69, 9.17) is 15.7 Å². The van der Waals surface area contributed by atoms with E-state index in [1.165, 1.54) is 0 Å². The molecule has 0 spiro atoms. The molecule has 84 valence electrons. The third-order valence-corrected chi connectivity index (χ3v) is 2.10. The molecule has 0 bridgehead atoms. The summed E-state index contributed by atoms with van der Waals surface area (Å²) in [4.78, 5) is 1.97. The Hall–Kier alpha value is -0.810. The molecular weight excluding hydrogens is 182 g/mol. The van der Waals surface area contributed by atoms with Gasteiger partial charge in [-0.2, -0.15) is 0 Å². The van der Waals surface area contributed by atoms with Crippen LogP contribution in [-0.4, -0.2) is 48.3 Å². The summed E-state index contributed by atoms with van der Waals surface area (Å²) in [6, 6.07) is -0.0734. The predicted octanol–water partition coefficient (Wildman–Crippen LogP) is 0.478. The highest BCUT2D eigenvalue weighted by atomic mass is 16.5. The van der Waals surface area contributed by atoms with Gasteiger partial charge in [0.2, 0.25) is 0 Å². The Balaban J connectivity index is 3.78. The summed E-state index contributed by atoms with van der Waals surface area (Å²) in [5, 5.41) is 11.4. The van der Waals surface area contributed by atoms with Gasteiger partial charge in [-0.15, -0.1) is 0 Å². The van der Waals surface area contributed by atoms with Gasteiger partial charge >= 0.3 is 0 Å². The summed E-state index contributed by atoms with van der Waals surface area (Å²) < 4.78 is 5.39. The molecule has 5 nitrogen and oxygen atoms in total. The minimum atomic E-state index is -0.0734. The quantitative estimate of drug-likeness (QED) is 0.285. The highest BCUT2D eigenvalue weighted by Crippen LogP contribution is 1.96. The summed E-state index contributed by atoms with van der Waals surface area (Å²) in [5.41, 5.74) is 5.47. The van der Waals surface area contributed by atoms with Crippen LogP contribution < -0.4 is 5.73 Å². The zero-order valence-electron chi connectivity index (χ0n) is 9.40. The predicted molar refractivity (Wildman–Crippen MR) is 56.6 cm³/mol. The van der Waals surface area contributed by atoms with Crippen molar-refractivity contribution in [1.29, 1.82) is 0 Å². The standard InChI is InChI=1S/C9H21N3O2/c1-7(2)14-6-5-12(4)8(3)9(10)11-13/h7-8,13H,5-6H2,1-4H3,(H2,10,11). The van der Waals surface area contributed by atoms with Crippen LogP contribution in [0.5, 0.6) is 0 Å². The zero-order chi connectivity index (χ0) is 11.1. The Kier molecular flexibility index (Phi) is 6.23. The van der Waals surface area contributed by atoms with Crippen molar-refractivity contribution in [2.45, 2.75) is 32.9 Å². The molecule has 0 saturated heterocycles. The van der Waals surface area contributed by atoms with E-state index < -0.39 is 0 Å². The normalized spacial score (nSPS) is 15.1. The Morgan fingerprint density at radius 2 is 2.07 bits per heavy atom. The molecule has 0 fully saturated rings. The van der Waals surface area contributed by atoms with Crippen LogP contribution in [0.15, 0.2) is 5.16 Å². The Bertz CT molecular complexity index is 183. The molecule has 0 aromatic rings. The first kappa shape index (κ1) is 13.2. The van der Waals surface area contributed by atoms with Crippen LogP contribution in [0.3, 0.4) is 0 Å². The number of ether oxygens (including phenoxy) is 1. The van der Waals surface area contributed by atoms with Crippen LogP contribution in [0.4, 0.5) is 0 Å². The van der Waals surface area contributed by atoms with Crippen LogP contribution >= 0.6 is 0 Å². The molecule has 0 saturated carbocycles. The fraction of sp³-hybridized carbons (Fsp3) is 0.889. The van der Waals surface area contributed by atoms with Gasteiger partial charge in [-0.1, -0.05) is 5.16 Å². The Morgan fingerprint density at radius 3 is 2.50 bits per heavy atom. The lowest BCUT2D eigenvalue weighted by atomic mass is 10.3. The van der Waals surface area contributed by atoms with Gasteiger partial charge in [0.05, 0.1) is 18.8 Å². The number of nitrogens with two attached hydrogens (primary N) is 1. The van der Waals surface area contributed by atoms with Crippen molar-refractivity contribution < 1.29 is 9.94 Å². The Labute approximate surface area is 85.5 Å². The zero-order valence-corrected chi connectivity index (χ0v) is 9.40. The molecule has 0 aliphatic heterocycles. The number of amidine groups is 1. The van der Waals surface area contributed by atoms with Crippen LogP contribution in [-0.2, 0) is 4.74 Å². The van der Waals surface area contributed by atoms with E-state index in [0.29, 0.717) is 6.61 Å². The van der Waals surface area contributed by atoms with E-state index in [0.717, 1.165) is 6.54 Å². The largest absolute Gasteiger partial charge is 0.409 e. The molecule has 0 aromatic heterocycles. The van der Waals surface area contributed by atoms with E-state index >= 15 is 0 Å². The number of hydrogen-bond acceptors (Lipinski definition) is 4. The molecule has 0 rings (SSSR count). The van der Waals surface area contributed by atoms with Gasteiger partial charge in [-0.05, 0) is 27.8 Å². The third kappa shape index (κ3) is 5.04. The third-order valence-electron chi connectivity index (χ3n) is 2.10. The van der Waals surface area contributed by atoms with Crippen LogP contribution in [0.25, 0.3) is 0 Å². The van der Waals surface area contributed by atoms with Gasteiger partial charge in [-0.25, -0.2) is 0 Å². The van der Waals surface area contributed by atoms with Crippen molar-refractivity contribution in [3.63, 3.8) is 0 Å². The topological polar surface area (TPSA) is 71.1 Å². The Morgan fingerprint density at radius 1 is 1.50 bits per heavy atom. The minimum absolute atomic E-state index is 0.0734. The van der Waals surface area contributed by atoms with Crippen molar-refractivity contribution in [3.05, 3.63) is 0 Å². The van der Waals surface area contributed by atoms with Crippen molar-refractivity contribution in [2.24, 2.45) is 10.9 Å². The van der Waals surface area contributed by atoms with E-state index in [2.05, 4.69) is 5.16 Å². The summed E-state index contributed by atoms with van der Waals surface area (Å²) in [5.74, 6) is 0.219.